The number of carbonyl (C=O) groups excluding carboxylic acids is 1. The molecule has 0 radical (unpaired) electrons. The van der Waals surface area contributed by atoms with Crippen molar-refractivity contribution in [3.8, 4) is 0 Å². The zero-order chi connectivity index (χ0) is 14.4. The molecule has 0 saturated heterocycles. The molecule has 0 saturated carbocycles. The Balaban J connectivity index is 2.92. The zero-order valence-electron chi connectivity index (χ0n) is 11.8. The molecule has 0 bridgehead atoms. The number of likely N-dealkylation sites (N-methyl/N-ethyl adjacent to an activating group) is 1. The maximum atomic E-state index is 12.5. The first-order valence-electron chi connectivity index (χ1n) is 6.45. The van der Waals surface area contributed by atoms with Gasteiger partial charge in [0.2, 0.25) is 0 Å². The summed E-state index contributed by atoms with van der Waals surface area (Å²) >= 11 is 6.09. The number of hydrogen-bond donors (Lipinski definition) is 1. The molecule has 0 aromatic heterocycles. The van der Waals surface area contributed by atoms with Crippen molar-refractivity contribution in [2.45, 2.75) is 13.3 Å². The first kappa shape index (κ1) is 15.8. The summed E-state index contributed by atoms with van der Waals surface area (Å²) in [6.07, 6.45) is 0.906. The number of benzene rings is 1. The average Bonchev–Trinajstić information content (AvgIpc) is 2.33. The van der Waals surface area contributed by atoms with Gasteiger partial charge >= 0.3 is 0 Å². The lowest BCUT2D eigenvalue weighted by molar-refractivity contribution is 0.0746. The molecule has 19 heavy (non-hydrogen) atoms. The molecule has 2 N–H and O–H groups in total. The first-order chi connectivity index (χ1) is 8.97. The molecule has 4 nitrogen and oxygen atoms in total. The van der Waals surface area contributed by atoms with Crippen molar-refractivity contribution in [1.82, 2.24) is 9.80 Å². The lowest BCUT2D eigenvalue weighted by atomic mass is 10.1. The molecule has 0 aliphatic rings. The molecule has 1 aromatic rings. The van der Waals surface area contributed by atoms with Crippen LogP contribution in [0.4, 0.5) is 5.69 Å². The van der Waals surface area contributed by atoms with Gasteiger partial charge in [0.25, 0.3) is 5.91 Å². The van der Waals surface area contributed by atoms with E-state index < -0.39 is 0 Å². The molecule has 1 rings (SSSR count). The smallest absolute Gasteiger partial charge is 0.257 e. The van der Waals surface area contributed by atoms with Crippen molar-refractivity contribution in [3.05, 3.63) is 28.8 Å². The number of halogens is 1. The Morgan fingerprint density at radius 1 is 1.26 bits per heavy atom. The molecule has 1 aromatic carbocycles. The van der Waals surface area contributed by atoms with Gasteiger partial charge < -0.3 is 15.5 Å². The Bertz CT molecular complexity index is 414. The van der Waals surface area contributed by atoms with E-state index in [1.807, 2.05) is 25.9 Å². The first-order valence-corrected chi connectivity index (χ1v) is 6.83. The van der Waals surface area contributed by atoms with E-state index in [-0.39, 0.29) is 5.91 Å². The van der Waals surface area contributed by atoms with Gasteiger partial charge in [-0.25, -0.2) is 0 Å². The third kappa shape index (κ3) is 4.40. The third-order valence-electron chi connectivity index (χ3n) is 2.86. The average molecular weight is 284 g/mol. The minimum atomic E-state index is -0.0909. The van der Waals surface area contributed by atoms with Crippen molar-refractivity contribution in [2.24, 2.45) is 0 Å². The Kier molecular flexibility index (Phi) is 6.12. The molecule has 106 valence electrons. The quantitative estimate of drug-likeness (QED) is 0.815. The van der Waals surface area contributed by atoms with Crippen LogP contribution in [0.1, 0.15) is 23.7 Å². The van der Waals surface area contributed by atoms with Crippen LogP contribution in [0.3, 0.4) is 0 Å². The van der Waals surface area contributed by atoms with Crippen LogP contribution in [0.2, 0.25) is 5.02 Å². The molecule has 1 amide bonds. The molecule has 0 aliphatic carbocycles. The Morgan fingerprint density at radius 3 is 2.47 bits per heavy atom. The highest BCUT2D eigenvalue weighted by Crippen LogP contribution is 2.23. The number of anilines is 1. The van der Waals surface area contributed by atoms with Crippen molar-refractivity contribution < 1.29 is 4.79 Å². The highest BCUT2D eigenvalue weighted by Gasteiger charge is 2.20. The number of hydrogen-bond acceptors (Lipinski definition) is 3. The molecule has 0 spiro atoms. The fourth-order valence-electron chi connectivity index (χ4n) is 1.83. The van der Waals surface area contributed by atoms with Crippen LogP contribution in [0, 0.1) is 0 Å². The molecule has 0 aliphatic heterocycles. The minimum absolute atomic E-state index is 0.0909. The van der Waals surface area contributed by atoms with Gasteiger partial charge in [-0.1, -0.05) is 24.6 Å². The monoisotopic (exact) mass is 283 g/mol. The largest absolute Gasteiger partial charge is 0.398 e. The summed E-state index contributed by atoms with van der Waals surface area (Å²) in [4.78, 5) is 16.4. The van der Waals surface area contributed by atoms with Crippen molar-refractivity contribution in [3.63, 3.8) is 0 Å². The maximum Gasteiger partial charge on any atom is 0.257 e. The van der Waals surface area contributed by atoms with E-state index in [0.717, 1.165) is 13.0 Å². The molecular weight excluding hydrogens is 262 g/mol. The summed E-state index contributed by atoms with van der Waals surface area (Å²) in [5, 5.41) is 0.413. The van der Waals surface area contributed by atoms with Gasteiger partial charge in [0.1, 0.15) is 0 Å². The zero-order valence-corrected chi connectivity index (χ0v) is 12.6. The number of nitrogens with two attached hydrogens (primary N) is 1. The standard InChI is InChI=1S/C14H22ClN3O/c1-4-8-18(10-9-17(2)3)14(19)13-11(15)6-5-7-12(13)16/h5-7H,4,8-10,16H2,1-3H3. The van der Waals surface area contributed by atoms with Crippen molar-refractivity contribution in [1.29, 1.82) is 0 Å². The van der Waals surface area contributed by atoms with E-state index in [2.05, 4.69) is 0 Å². The minimum Gasteiger partial charge on any atom is -0.398 e. The highest BCUT2D eigenvalue weighted by molar-refractivity contribution is 6.34. The number of nitrogen functional groups attached to an aromatic ring is 1. The van der Waals surface area contributed by atoms with E-state index in [9.17, 15) is 4.79 Å². The van der Waals surface area contributed by atoms with Crippen LogP contribution in [0.25, 0.3) is 0 Å². The van der Waals surface area contributed by atoms with E-state index >= 15 is 0 Å². The molecule has 5 heteroatoms. The number of nitrogens with zero attached hydrogens (tertiary/aromatic N) is 2. The predicted molar refractivity (Wildman–Crippen MR) is 80.6 cm³/mol. The van der Waals surface area contributed by atoms with Gasteiger partial charge in [0, 0.05) is 25.3 Å². The topological polar surface area (TPSA) is 49.6 Å². The Labute approximate surface area is 120 Å². The highest BCUT2D eigenvalue weighted by atomic mass is 35.5. The van der Waals surface area contributed by atoms with Crippen LogP contribution in [-0.2, 0) is 0 Å². The van der Waals surface area contributed by atoms with Gasteiger partial charge in [-0.15, -0.1) is 0 Å². The normalized spacial score (nSPS) is 10.8. The van der Waals surface area contributed by atoms with Gasteiger partial charge in [-0.05, 0) is 32.6 Å². The molecule has 0 fully saturated rings. The predicted octanol–water partition coefficient (Wildman–Crippen LogP) is 2.34. The van der Waals surface area contributed by atoms with E-state index in [4.69, 9.17) is 17.3 Å². The fraction of sp³-hybridized carbons (Fsp3) is 0.500. The number of carbonyl (C=O) groups is 1. The Hall–Kier alpha value is -1.26. The maximum absolute atomic E-state index is 12.5. The molecule has 0 atom stereocenters. The summed E-state index contributed by atoms with van der Waals surface area (Å²) < 4.78 is 0. The SMILES string of the molecule is CCCN(CCN(C)C)C(=O)c1c(N)cccc1Cl. The van der Waals surface area contributed by atoms with Crippen LogP contribution in [-0.4, -0.2) is 49.4 Å². The second kappa shape index (κ2) is 7.36. The summed E-state index contributed by atoms with van der Waals surface area (Å²) in [6, 6.07) is 5.15. The van der Waals surface area contributed by atoms with Gasteiger partial charge in [-0.2, -0.15) is 0 Å². The Morgan fingerprint density at radius 2 is 1.95 bits per heavy atom. The van der Waals surface area contributed by atoms with Crippen LogP contribution in [0.5, 0.6) is 0 Å². The lowest BCUT2D eigenvalue weighted by Gasteiger charge is -2.25. The summed E-state index contributed by atoms with van der Waals surface area (Å²) in [5.74, 6) is -0.0909. The summed E-state index contributed by atoms with van der Waals surface area (Å²) in [5.41, 5.74) is 6.72. The number of rotatable bonds is 6. The molecule has 0 unspecified atom stereocenters. The van der Waals surface area contributed by atoms with Gasteiger partial charge in [-0.3, -0.25) is 4.79 Å². The van der Waals surface area contributed by atoms with Crippen LogP contribution in [0.15, 0.2) is 18.2 Å². The molecule has 0 heterocycles. The fourth-order valence-corrected chi connectivity index (χ4v) is 2.09. The second-order valence-electron chi connectivity index (χ2n) is 4.80. The van der Waals surface area contributed by atoms with E-state index in [1.165, 1.54) is 0 Å². The third-order valence-corrected chi connectivity index (χ3v) is 3.17. The van der Waals surface area contributed by atoms with Crippen molar-refractivity contribution in [2.75, 3.05) is 39.5 Å². The summed E-state index contributed by atoms with van der Waals surface area (Å²) in [6.45, 7) is 4.24. The summed E-state index contributed by atoms with van der Waals surface area (Å²) in [7, 11) is 3.97. The molecular formula is C14H22ClN3O. The van der Waals surface area contributed by atoms with E-state index in [0.29, 0.717) is 29.4 Å². The lowest BCUT2D eigenvalue weighted by Crippen LogP contribution is -2.37. The second-order valence-corrected chi connectivity index (χ2v) is 5.21. The van der Waals surface area contributed by atoms with Gasteiger partial charge in [0.05, 0.1) is 10.6 Å². The van der Waals surface area contributed by atoms with Crippen molar-refractivity contribution >= 4 is 23.2 Å². The van der Waals surface area contributed by atoms with Crippen LogP contribution >= 0.6 is 11.6 Å². The van der Waals surface area contributed by atoms with E-state index in [1.54, 1.807) is 23.1 Å². The number of amides is 1. The van der Waals surface area contributed by atoms with Gasteiger partial charge in [0.15, 0.2) is 0 Å². The van der Waals surface area contributed by atoms with Crippen LogP contribution < -0.4 is 5.73 Å².